The fraction of sp³-hybridized carbons (Fsp3) is 0.500. The van der Waals surface area contributed by atoms with Gasteiger partial charge in [-0.1, -0.05) is 17.7 Å². The summed E-state index contributed by atoms with van der Waals surface area (Å²) in [6.07, 6.45) is -0.455. The molecule has 5 nitrogen and oxygen atoms in total. The zero-order valence-electron chi connectivity index (χ0n) is 12.1. The fourth-order valence-corrected chi connectivity index (χ4v) is 1.72. The minimum Gasteiger partial charge on any atom is -0.444 e. The second-order valence-electron chi connectivity index (χ2n) is 5.47. The average molecular weight is 300 g/mol. The Labute approximate surface area is 124 Å². The van der Waals surface area contributed by atoms with Gasteiger partial charge in [-0.25, -0.2) is 4.79 Å². The van der Waals surface area contributed by atoms with Crippen molar-refractivity contribution < 1.29 is 9.53 Å². The van der Waals surface area contributed by atoms with E-state index in [2.05, 4.69) is 10.6 Å². The number of alkyl carbamates (subject to hydrolysis) is 1. The Hall–Kier alpha value is -1.46. The summed E-state index contributed by atoms with van der Waals surface area (Å²) in [5.74, 6) is 0. The van der Waals surface area contributed by atoms with Gasteiger partial charge in [0.25, 0.3) is 0 Å². The molecule has 0 fully saturated rings. The lowest BCUT2D eigenvalue weighted by Gasteiger charge is -2.22. The zero-order valence-corrected chi connectivity index (χ0v) is 12.8. The van der Waals surface area contributed by atoms with Crippen molar-refractivity contribution >= 4 is 23.4 Å². The van der Waals surface area contributed by atoms with Gasteiger partial charge in [0.05, 0.1) is 6.04 Å². The monoisotopic (exact) mass is 299 g/mol. The van der Waals surface area contributed by atoms with Crippen LogP contribution < -0.4 is 16.4 Å². The summed E-state index contributed by atoms with van der Waals surface area (Å²) in [5.41, 5.74) is 6.03. The number of ether oxygens (including phenoxy) is 1. The number of anilines is 1. The summed E-state index contributed by atoms with van der Waals surface area (Å²) in [4.78, 5) is 11.6. The topological polar surface area (TPSA) is 76.4 Å². The lowest BCUT2D eigenvalue weighted by atomic mass is 10.2. The Morgan fingerprint density at radius 3 is 2.70 bits per heavy atom. The van der Waals surface area contributed by atoms with Gasteiger partial charge in [-0.05, 0) is 39.0 Å². The summed E-state index contributed by atoms with van der Waals surface area (Å²) in [7, 11) is 0. The first-order valence-electron chi connectivity index (χ1n) is 6.49. The van der Waals surface area contributed by atoms with E-state index in [1.165, 1.54) is 0 Å². The maximum absolute atomic E-state index is 11.6. The third kappa shape index (κ3) is 6.63. The van der Waals surface area contributed by atoms with Crippen molar-refractivity contribution in [2.24, 2.45) is 5.73 Å². The maximum atomic E-state index is 11.6. The van der Waals surface area contributed by atoms with Gasteiger partial charge in [0.15, 0.2) is 0 Å². The number of nitrogens with one attached hydrogen (secondary N) is 2. The number of carbonyl (C=O) groups excluding carboxylic acids is 1. The molecule has 20 heavy (non-hydrogen) atoms. The molecule has 1 aromatic carbocycles. The van der Waals surface area contributed by atoms with Crippen LogP contribution in [0.3, 0.4) is 0 Å². The number of nitrogens with two attached hydrogens (primary N) is 1. The Morgan fingerprint density at radius 2 is 2.15 bits per heavy atom. The van der Waals surface area contributed by atoms with E-state index >= 15 is 0 Å². The Bertz CT molecular complexity index is 446. The summed E-state index contributed by atoms with van der Waals surface area (Å²) < 4.78 is 5.16. The number of halogens is 1. The third-order valence-corrected chi connectivity index (χ3v) is 2.61. The number of amides is 1. The van der Waals surface area contributed by atoms with Crippen molar-refractivity contribution in [3.63, 3.8) is 0 Å². The van der Waals surface area contributed by atoms with Crippen LogP contribution in [0.15, 0.2) is 24.3 Å². The van der Waals surface area contributed by atoms with Gasteiger partial charge in [-0.3, -0.25) is 0 Å². The Balaban J connectivity index is 2.46. The normalized spacial score (nSPS) is 12.7. The molecule has 0 aliphatic rings. The van der Waals surface area contributed by atoms with Crippen LogP contribution in [0, 0.1) is 0 Å². The zero-order chi connectivity index (χ0) is 15.2. The first-order valence-corrected chi connectivity index (χ1v) is 6.87. The van der Waals surface area contributed by atoms with Gasteiger partial charge < -0.3 is 21.1 Å². The third-order valence-electron chi connectivity index (χ3n) is 2.37. The SMILES string of the molecule is CC(C)(C)OC(=O)NCC(CN)Nc1cccc(Cl)c1. The van der Waals surface area contributed by atoms with E-state index in [4.69, 9.17) is 22.1 Å². The van der Waals surface area contributed by atoms with Crippen LogP contribution in [0.5, 0.6) is 0 Å². The van der Waals surface area contributed by atoms with E-state index in [-0.39, 0.29) is 6.04 Å². The van der Waals surface area contributed by atoms with E-state index in [0.717, 1.165) is 5.69 Å². The maximum Gasteiger partial charge on any atom is 0.407 e. The van der Waals surface area contributed by atoms with Gasteiger partial charge in [0.2, 0.25) is 0 Å². The van der Waals surface area contributed by atoms with Gasteiger partial charge in [0.1, 0.15) is 5.60 Å². The number of benzene rings is 1. The van der Waals surface area contributed by atoms with E-state index in [1.807, 2.05) is 32.9 Å². The molecule has 0 aromatic heterocycles. The highest BCUT2D eigenvalue weighted by atomic mass is 35.5. The molecule has 0 saturated heterocycles. The summed E-state index contributed by atoms with van der Waals surface area (Å²) >= 11 is 5.91. The molecule has 4 N–H and O–H groups in total. The quantitative estimate of drug-likeness (QED) is 0.781. The van der Waals surface area contributed by atoms with Crippen LogP contribution in [-0.4, -0.2) is 30.8 Å². The molecule has 112 valence electrons. The molecule has 1 unspecified atom stereocenters. The van der Waals surface area contributed by atoms with Crippen LogP contribution in [0.1, 0.15) is 20.8 Å². The molecule has 0 aliphatic heterocycles. The van der Waals surface area contributed by atoms with Gasteiger partial charge in [0, 0.05) is 23.8 Å². The van der Waals surface area contributed by atoms with E-state index in [9.17, 15) is 4.79 Å². The molecular formula is C14H22ClN3O2. The van der Waals surface area contributed by atoms with Crippen molar-refractivity contribution in [2.75, 3.05) is 18.4 Å². The molecule has 0 aliphatic carbocycles. The number of hydrogen-bond acceptors (Lipinski definition) is 4. The minimum atomic E-state index is -0.511. The highest BCUT2D eigenvalue weighted by molar-refractivity contribution is 6.30. The van der Waals surface area contributed by atoms with Gasteiger partial charge in [-0.2, -0.15) is 0 Å². The van der Waals surface area contributed by atoms with E-state index in [1.54, 1.807) is 12.1 Å². The molecule has 0 saturated carbocycles. The lowest BCUT2D eigenvalue weighted by Crippen LogP contribution is -2.42. The van der Waals surface area contributed by atoms with Crippen molar-refractivity contribution in [2.45, 2.75) is 32.4 Å². The molecule has 0 heterocycles. The lowest BCUT2D eigenvalue weighted by molar-refractivity contribution is 0.0526. The van der Waals surface area contributed by atoms with Crippen LogP contribution >= 0.6 is 11.6 Å². The fourth-order valence-electron chi connectivity index (χ4n) is 1.53. The van der Waals surface area contributed by atoms with Crippen LogP contribution in [-0.2, 0) is 4.74 Å². The van der Waals surface area contributed by atoms with Crippen molar-refractivity contribution in [3.8, 4) is 0 Å². The molecule has 1 amide bonds. The smallest absolute Gasteiger partial charge is 0.407 e. The first-order chi connectivity index (χ1) is 9.30. The second kappa shape index (κ2) is 7.36. The van der Waals surface area contributed by atoms with Gasteiger partial charge in [-0.15, -0.1) is 0 Å². The Morgan fingerprint density at radius 1 is 1.45 bits per heavy atom. The molecule has 1 aromatic rings. The number of rotatable bonds is 5. The summed E-state index contributed by atoms with van der Waals surface area (Å²) in [5, 5.41) is 6.54. The molecule has 1 rings (SSSR count). The largest absolute Gasteiger partial charge is 0.444 e. The highest BCUT2D eigenvalue weighted by Crippen LogP contribution is 2.15. The van der Waals surface area contributed by atoms with E-state index < -0.39 is 11.7 Å². The molecule has 1 atom stereocenters. The highest BCUT2D eigenvalue weighted by Gasteiger charge is 2.17. The number of hydrogen-bond donors (Lipinski definition) is 3. The molecule has 0 spiro atoms. The minimum absolute atomic E-state index is 0.0963. The molecule has 0 radical (unpaired) electrons. The molecular weight excluding hydrogens is 278 g/mol. The van der Waals surface area contributed by atoms with Crippen LogP contribution in [0.2, 0.25) is 5.02 Å². The second-order valence-corrected chi connectivity index (χ2v) is 5.91. The Kier molecular flexibility index (Phi) is 6.10. The average Bonchev–Trinajstić information content (AvgIpc) is 2.32. The summed E-state index contributed by atoms with van der Waals surface area (Å²) in [6.45, 7) is 6.20. The van der Waals surface area contributed by atoms with Crippen molar-refractivity contribution in [1.82, 2.24) is 5.32 Å². The standard InChI is InChI=1S/C14H22ClN3O2/c1-14(2,3)20-13(19)17-9-12(8-16)18-11-6-4-5-10(15)7-11/h4-7,12,18H,8-9,16H2,1-3H3,(H,17,19). The van der Waals surface area contributed by atoms with E-state index in [0.29, 0.717) is 18.1 Å². The van der Waals surface area contributed by atoms with Crippen LogP contribution in [0.4, 0.5) is 10.5 Å². The predicted octanol–water partition coefficient (Wildman–Crippen LogP) is 2.60. The van der Waals surface area contributed by atoms with Crippen molar-refractivity contribution in [1.29, 1.82) is 0 Å². The first kappa shape index (κ1) is 16.6. The predicted molar refractivity (Wildman–Crippen MR) is 82.2 cm³/mol. The van der Waals surface area contributed by atoms with Crippen molar-refractivity contribution in [3.05, 3.63) is 29.3 Å². The summed E-state index contributed by atoms with van der Waals surface area (Å²) in [6, 6.07) is 7.24. The van der Waals surface area contributed by atoms with Crippen LogP contribution in [0.25, 0.3) is 0 Å². The number of carbonyl (C=O) groups is 1. The molecule has 0 bridgehead atoms. The molecule has 6 heteroatoms. The van der Waals surface area contributed by atoms with Gasteiger partial charge >= 0.3 is 6.09 Å².